The van der Waals surface area contributed by atoms with Gasteiger partial charge in [0, 0.05) is 41.6 Å². The molecule has 168 valence electrons. The van der Waals surface area contributed by atoms with Crippen LogP contribution in [0.2, 0.25) is 0 Å². The molecule has 1 aromatic carbocycles. The predicted molar refractivity (Wildman–Crippen MR) is 120 cm³/mol. The van der Waals surface area contributed by atoms with E-state index >= 15 is 0 Å². The molecule has 2 aliphatic rings. The molecule has 0 N–H and O–H groups in total. The predicted octanol–water partition coefficient (Wildman–Crippen LogP) is 4.21. The SMILES string of the molecule is CCOc1ccc(-c2c3c(nn2-c2ccccc2OC)CC2(C3)OCC(C)(C)CO2)cn1. The molecule has 1 saturated heterocycles. The largest absolute Gasteiger partial charge is 0.494 e. The summed E-state index contributed by atoms with van der Waals surface area (Å²) in [5, 5.41) is 5.01. The Morgan fingerprint density at radius 2 is 1.84 bits per heavy atom. The molecule has 0 saturated carbocycles. The molecule has 1 spiro atoms. The van der Waals surface area contributed by atoms with Gasteiger partial charge in [-0.3, -0.25) is 0 Å². The number of hydrogen-bond donors (Lipinski definition) is 0. The topological polar surface area (TPSA) is 67.6 Å². The molecule has 0 atom stereocenters. The molecule has 2 aromatic heterocycles. The Bertz CT molecular complexity index is 1110. The second-order valence-corrected chi connectivity index (χ2v) is 9.18. The van der Waals surface area contributed by atoms with Crippen molar-refractivity contribution < 1.29 is 18.9 Å². The van der Waals surface area contributed by atoms with Crippen molar-refractivity contribution in [3.63, 3.8) is 0 Å². The monoisotopic (exact) mass is 435 g/mol. The second-order valence-electron chi connectivity index (χ2n) is 9.18. The van der Waals surface area contributed by atoms with Gasteiger partial charge in [0.05, 0.1) is 38.3 Å². The number of nitrogens with zero attached hydrogens (tertiary/aromatic N) is 3. The molecule has 3 heterocycles. The number of aromatic nitrogens is 3. The van der Waals surface area contributed by atoms with Gasteiger partial charge in [0.1, 0.15) is 11.4 Å². The summed E-state index contributed by atoms with van der Waals surface area (Å²) in [6.07, 6.45) is 3.11. The van der Waals surface area contributed by atoms with Crippen LogP contribution in [0.5, 0.6) is 11.6 Å². The summed E-state index contributed by atoms with van der Waals surface area (Å²) in [6.45, 7) is 8.19. The molecule has 0 radical (unpaired) electrons. The number of benzene rings is 1. The first-order chi connectivity index (χ1) is 15.4. The van der Waals surface area contributed by atoms with Crippen LogP contribution in [0.15, 0.2) is 42.6 Å². The van der Waals surface area contributed by atoms with Gasteiger partial charge in [-0.15, -0.1) is 0 Å². The summed E-state index contributed by atoms with van der Waals surface area (Å²) in [5.74, 6) is 0.727. The summed E-state index contributed by atoms with van der Waals surface area (Å²) in [4.78, 5) is 4.49. The number of rotatable bonds is 5. The summed E-state index contributed by atoms with van der Waals surface area (Å²) < 4.78 is 25.7. The van der Waals surface area contributed by atoms with E-state index < -0.39 is 5.79 Å². The van der Waals surface area contributed by atoms with Crippen molar-refractivity contribution in [2.45, 2.75) is 39.4 Å². The van der Waals surface area contributed by atoms with E-state index in [0.29, 0.717) is 38.5 Å². The quantitative estimate of drug-likeness (QED) is 0.598. The summed E-state index contributed by atoms with van der Waals surface area (Å²) in [6, 6.07) is 11.8. The van der Waals surface area contributed by atoms with Gasteiger partial charge in [0.25, 0.3) is 0 Å². The highest BCUT2D eigenvalue weighted by Gasteiger charge is 2.48. The van der Waals surface area contributed by atoms with Crippen molar-refractivity contribution >= 4 is 0 Å². The lowest BCUT2D eigenvalue weighted by molar-refractivity contribution is -0.293. The van der Waals surface area contributed by atoms with E-state index in [2.05, 4.69) is 18.8 Å². The van der Waals surface area contributed by atoms with Gasteiger partial charge in [0.2, 0.25) is 5.88 Å². The van der Waals surface area contributed by atoms with Crippen LogP contribution in [-0.2, 0) is 22.3 Å². The maximum atomic E-state index is 6.28. The van der Waals surface area contributed by atoms with Crippen molar-refractivity contribution in [1.29, 1.82) is 0 Å². The zero-order valence-corrected chi connectivity index (χ0v) is 19.1. The Kier molecular flexibility index (Phi) is 5.18. The van der Waals surface area contributed by atoms with E-state index in [4.69, 9.17) is 24.0 Å². The van der Waals surface area contributed by atoms with Gasteiger partial charge < -0.3 is 18.9 Å². The van der Waals surface area contributed by atoms with Crippen LogP contribution in [-0.4, -0.2) is 47.5 Å². The average molecular weight is 436 g/mol. The molecule has 7 nitrogen and oxygen atoms in total. The summed E-state index contributed by atoms with van der Waals surface area (Å²) in [7, 11) is 1.68. The molecular weight excluding hydrogens is 406 g/mol. The van der Waals surface area contributed by atoms with Crippen molar-refractivity contribution in [3.8, 4) is 28.6 Å². The average Bonchev–Trinajstić information content (AvgIpc) is 3.31. The number of pyridine rings is 1. The van der Waals surface area contributed by atoms with Crippen LogP contribution >= 0.6 is 0 Å². The number of ether oxygens (including phenoxy) is 4. The van der Waals surface area contributed by atoms with Crippen molar-refractivity contribution in [2.24, 2.45) is 5.41 Å². The van der Waals surface area contributed by atoms with Gasteiger partial charge in [0.15, 0.2) is 5.79 Å². The Labute approximate surface area is 188 Å². The van der Waals surface area contributed by atoms with Gasteiger partial charge in [-0.05, 0) is 25.1 Å². The van der Waals surface area contributed by atoms with E-state index in [9.17, 15) is 0 Å². The summed E-state index contributed by atoms with van der Waals surface area (Å²) in [5.41, 5.74) is 4.95. The van der Waals surface area contributed by atoms with E-state index in [0.717, 1.165) is 34.0 Å². The zero-order chi connectivity index (χ0) is 22.3. The van der Waals surface area contributed by atoms with Crippen LogP contribution in [0.1, 0.15) is 32.0 Å². The number of hydrogen-bond acceptors (Lipinski definition) is 6. The van der Waals surface area contributed by atoms with Crippen LogP contribution in [0.3, 0.4) is 0 Å². The Morgan fingerprint density at radius 1 is 1.06 bits per heavy atom. The fourth-order valence-electron chi connectivity index (χ4n) is 4.38. The molecular formula is C25H29N3O4. The lowest BCUT2D eigenvalue weighted by Gasteiger charge is -2.41. The molecule has 1 aliphatic carbocycles. The van der Waals surface area contributed by atoms with Gasteiger partial charge in [-0.1, -0.05) is 26.0 Å². The minimum Gasteiger partial charge on any atom is -0.494 e. The summed E-state index contributed by atoms with van der Waals surface area (Å²) >= 11 is 0. The highest BCUT2D eigenvalue weighted by atomic mass is 16.7. The molecule has 32 heavy (non-hydrogen) atoms. The third kappa shape index (κ3) is 3.65. The fraction of sp³-hybridized carbons (Fsp3) is 0.440. The van der Waals surface area contributed by atoms with Gasteiger partial charge >= 0.3 is 0 Å². The van der Waals surface area contributed by atoms with E-state index in [1.165, 1.54) is 0 Å². The molecule has 7 heteroatoms. The van der Waals surface area contributed by atoms with Gasteiger partial charge in [-0.25, -0.2) is 9.67 Å². The van der Waals surface area contributed by atoms with Crippen LogP contribution in [0.25, 0.3) is 16.9 Å². The Hall–Kier alpha value is -2.90. The normalized spacial score (nSPS) is 18.5. The smallest absolute Gasteiger partial charge is 0.213 e. The first-order valence-corrected chi connectivity index (χ1v) is 11.0. The third-order valence-electron chi connectivity index (χ3n) is 6.02. The van der Waals surface area contributed by atoms with Crippen LogP contribution in [0.4, 0.5) is 0 Å². The maximum Gasteiger partial charge on any atom is 0.213 e. The number of para-hydroxylation sites is 2. The second kappa shape index (κ2) is 7.90. The highest BCUT2D eigenvalue weighted by molar-refractivity contribution is 5.69. The molecule has 5 rings (SSSR count). The molecule has 0 amide bonds. The first kappa shape index (κ1) is 21.0. The minimum atomic E-state index is -0.638. The Morgan fingerprint density at radius 3 is 2.53 bits per heavy atom. The minimum absolute atomic E-state index is 0.0183. The highest BCUT2D eigenvalue weighted by Crippen LogP contribution is 2.44. The van der Waals surface area contributed by atoms with Crippen LogP contribution < -0.4 is 9.47 Å². The molecule has 1 fully saturated rings. The van der Waals surface area contributed by atoms with E-state index in [1.807, 2.05) is 54.2 Å². The Balaban J connectivity index is 1.59. The zero-order valence-electron chi connectivity index (χ0n) is 19.1. The standard InChI is InChI=1S/C25H29N3O4/c1-5-30-22-11-10-17(14-26-22)23-18-12-25(31-15-24(2,3)16-32-25)13-19(18)27-28(23)20-8-6-7-9-21(20)29-4/h6-11,14H,5,12-13,15-16H2,1-4H3. The third-order valence-corrected chi connectivity index (χ3v) is 6.02. The van der Waals surface area contributed by atoms with Gasteiger partial charge in [-0.2, -0.15) is 5.10 Å². The molecule has 0 bridgehead atoms. The molecule has 1 aliphatic heterocycles. The van der Waals surface area contributed by atoms with Crippen molar-refractivity contribution in [1.82, 2.24) is 14.8 Å². The number of methoxy groups -OCH3 is 1. The molecule has 3 aromatic rings. The van der Waals surface area contributed by atoms with E-state index in [1.54, 1.807) is 7.11 Å². The molecule has 0 unspecified atom stereocenters. The first-order valence-electron chi connectivity index (χ1n) is 11.0. The number of fused-ring (bicyclic) bond motifs is 1. The fourth-order valence-corrected chi connectivity index (χ4v) is 4.38. The maximum absolute atomic E-state index is 6.28. The van der Waals surface area contributed by atoms with Crippen molar-refractivity contribution in [2.75, 3.05) is 26.9 Å². The lowest BCUT2D eigenvalue weighted by Crippen LogP contribution is -2.48. The van der Waals surface area contributed by atoms with Crippen molar-refractivity contribution in [3.05, 3.63) is 53.9 Å². The van der Waals surface area contributed by atoms with Crippen LogP contribution in [0, 0.1) is 5.41 Å². The lowest BCUT2D eigenvalue weighted by atomic mass is 9.94. The van der Waals surface area contributed by atoms with E-state index in [-0.39, 0.29) is 5.41 Å².